The lowest BCUT2D eigenvalue weighted by molar-refractivity contribution is -0.117. The highest BCUT2D eigenvalue weighted by Gasteiger charge is 2.13. The Labute approximate surface area is 117 Å². The average Bonchev–Trinajstić information content (AvgIpc) is 2.41. The number of amides is 1. The molecule has 1 heterocycles. The van der Waals surface area contributed by atoms with Crippen LogP contribution in [-0.2, 0) is 4.79 Å². The van der Waals surface area contributed by atoms with E-state index in [0.29, 0.717) is 28.8 Å². The van der Waals surface area contributed by atoms with Gasteiger partial charge < -0.3 is 15.4 Å². The van der Waals surface area contributed by atoms with Gasteiger partial charge in [0.25, 0.3) is 5.91 Å². The molecule has 0 aromatic heterocycles. The number of dihydropyridines is 1. The summed E-state index contributed by atoms with van der Waals surface area (Å²) < 4.78 is 5.70. The molecule has 1 aromatic carbocycles. The topological polar surface area (TPSA) is 50.4 Å². The fourth-order valence-electron chi connectivity index (χ4n) is 1.68. The van der Waals surface area contributed by atoms with Gasteiger partial charge in [0.1, 0.15) is 17.2 Å². The Balaban J connectivity index is 2.17. The van der Waals surface area contributed by atoms with Crippen LogP contribution in [-0.4, -0.2) is 19.5 Å². The number of ether oxygens (including phenoxy) is 1. The zero-order chi connectivity index (χ0) is 13.8. The lowest BCUT2D eigenvalue weighted by Crippen LogP contribution is -2.31. The number of hydrogen-bond acceptors (Lipinski definition) is 3. The van der Waals surface area contributed by atoms with E-state index in [4.69, 9.17) is 16.3 Å². The summed E-state index contributed by atoms with van der Waals surface area (Å²) in [5.41, 5.74) is 1.54. The Morgan fingerprint density at radius 3 is 2.95 bits per heavy atom. The molecule has 4 nitrogen and oxygen atoms in total. The quantitative estimate of drug-likeness (QED) is 0.891. The van der Waals surface area contributed by atoms with E-state index >= 15 is 0 Å². The number of benzene rings is 1. The first kappa shape index (κ1) is 13.5. The summed E-state index contributed by atoms with van der Waals surface area (Å²) in [6, 6.07) is 5.57. The maximum Gasteiger partial charge on any atom is 0.267 e. The number of carbonyl (C=O) groups excluding carboxylic acids is 1. The molecular formula is C14H15ClN2O2. The van der Waals surface area contributed by atoms with E-state index in [1.165, 1.54) is 0 Å². The van der Waals surface area contributed by atoms with Crippen molar-refractivity contribution in [3.05, 3.63) is 52.4 Å². The summed E-state index contributed by atoms with van der Waals surface area (Å²) in [6.45, 7) is 2.50. The fourth-order valence-corrected chi connectivity index (χ4v) is 1.95. The Morgan fingerprint density at radius 2 is 2.26 bits per heavy atom. The highest BCUT2D eigenvalue weighted by Crippen LogP contribution is 2.27. The second kappa shape index (κ2) is 5.80. The molecule has 0 fully saturated rings. The van der Waals surface area contributed by atoms with Crippen molar-refractivity contribution in [3.8, 4) is 5.75 Å². The molecule has 0 saturated heterocycles. The Bertz CT molecular complexity index is 565. The van der Waals surface area contributed by atoms with Gasteiger partial charge in [-0.3, -0.25) is 4.79 Å². The van der Waals surface area contributed by atoms with Crippen molar-refractivity contribution < 1.29 is 9.53 Å². The standard InChI is InChI=1S/C14H15ClN2O2/c1-9-3-4-13(11(15)7-9)19-10-5-6-17-12(8-10)14(18)16-2/h3-5,7-8,17H,6H2,1-2H3,(H,16,18). The molecule has 0 unspecified atom stereocenters. The minimum absolute atomic E-state index is 0.177. The van der Waals surface area contributed by atoms with E-state index in [2.05, 4.69) is 10.6 Å². The largest absolute Gasteiger partial charge is 0.456 e. The molecule has 1 amide bonds. The van der Waals surface area contributed by atoms with Crippen LogP contribution in [0, 0.1) is 6.92 Å². The van der Waals surface area contributed by atoms with Crippen molar-refractivity contribution >= 4 is 17.5 Å². The third kappa shape index (κ3) is 3.29. The van der Waals surface area contributed by atoms with E-state index in [0.717, 1.165) is 5.56 Å². The zero-order valence-corrected chi connectivity index (χ0v) is 11.5. The number of halogens is 1. The van der Waals surface area contributed by atoms with Crippen LogP contribution in [0.4, 0.5) is 0 Å². The average molecular weight is 279 g/mol. The molecular weight excluding hydrogens is 264 g/mol. The van der Waals surface area contributed by atoms with Crippen LogP contribution in [0.2, 0.25) is 5.02 Å². The number of nitrogens with one attached hydrogen (secondary N) is 2. The van der Waals surface area contributed by atoms with Gasteiger partial charge in [-0.2, -0.15) is 0 Å². The van der Waals surface area contributed by atoms with Gasteiger partial charge in [-0.15, -0.1) is 0 Å². The third-order valence-corrected chi connectivity index (χ3v) is 2.96. The van der Waals surface area contributed by atoms with E-state index < -0.39 is 0 Å². The molecule has 0 bridgehead atoms. The summed E-state index contributed by atoms with van der Waals surface area (Å²) in [7, 11) is 1.58. The Kier molecular flexibility index (Phi) is 4.12. The molecule has 1 aliphatic heterocycles. The van der Waals surface area contributed by atoms with Gasteiger partial charge in [0.2, 0.25) is 0 Å². The fraction of sp³-hybridized carbons (Fsp3) is 0.214. The summed E-state index contributed by atoms with van der Waals surface area (Å²) in [4.78, 5) is 11.5. The van der Waals surface area contributed by atoms with Crippen LogP contribution in [0.3, 0.4) is 0 Å². The summed E-state index contributed by atoms with van der Waals surface area (Å²) in [6.07, 6.45) is 3.50. The van der Waals surface area contributed by atoms with Crippen LogP contribution < -0.4 is 15.4 Å². The molecule has 0 atom stereocenters. The van der Waals surface area contributed by atoms with E-state index in [-0.39, 0.29) is 5.91 Å². The first-order valence-corrected chi connectivity index (χ1v) is 6.30. The van der Waals surface area contributed by atoms with Gasteiger partial charge in [0.05, 0.1) is 5.02 Å². The highest BCUT2D eigenvalue weighted by atomic mass is 35.5. The number of hydrogen-bond donors (Lipinski definition) is 2. The zero-order valence-electron chi connectivity index (χ0n) is 10.8. The first-order chi connectivity index (χ1) is 9.10. The molecule has 19 heavy (non-hydrogen) atoms. The SMILES string of the molecule is CNC(=O)C1=CC(Oc2ccc(C)cc2Cl)=CCN1. The van der Waals surface area contributed by atoms with E-state index in [1.807, 2.05) is 31.2 Å². The lowest BCUT2D eigenvalue weighted by Gasteiger charge is -2.16. The number of rotatable bonds is 3. The molecule has 0 aliphatic carbocycles. The highest BCUT2D eigenvalue weighted by molar-refractivity contribution is 6.32. The molecule has 1 aromatic rings. The molecule has 100 valence electrons. The van der Waals surface area contributed by atoms with Crippen molar-refractivity contribution in [1.82, 2.24) is 10.6 Å². The lowest BCUT2D eigenvalue weighted by atomic mass is 10.2. The number of carbonyl (C=O) groups is 1. The van der Waals surface area contributed by atoms with Crippen molar-refractivity contribution in [2.24, 2.45) is 0 Å². The Morgan fingerprint density at radius 1 is 1.47 bits per heavy atom. The van der Waals surface area contributed by atoms with Crippen molar-refractivity contribution in [3.63, 3.8) is 0 Å². The normalized spacial score (nSPS) is 14.1. The van der Waals surface area contributed by atoms with Gasteiger partial charge in [0.15, 0.2) is 0 Å². The molecule has 2 N–H and O–H groups in total. The van der Waals surface area contributed by atoms with Crippen LogP contribution >= 0.6 is 11.6 Å². The van der Waals surface area contributed by atoms with Crippen molar-refractivity contribution in [2.75, 3.05) is 13.6 Å². The molecule has 0 spiro atoms. The molecule has 0 radical (unpaired) electrons. The monoisotopic (exact) mass is 278 g/mol. The molecule has 0 saturated carbocycles. The number of allylic oxidation sites excluding steroid dienone is 1. The predicted octanol–water partition coefficient (Wildman–Crippen LogP) is 2.14. The van der Waals surface area contributed by atoms with E-state index in [9.17, 15) is 4.79 Å². The smallest absolute Gasteiger partial charge is 0.267 e. The van der Waals surface area contributed by atoms with Crippen LogP contribution in [0.15, 0.2) is 41.8 Å². The number of aryl methyl sites for hydroxylation is 1. The van der Waals surface area contributed by atoms with E-state index in [1.54, 1.807) is 13.1 Å². The third-order valence-electron chi connectivity index (χ3n) is 2.67. The maximum atomic E-state index is 11.5. The predicted molar refractivity (Wildman–Crippen MR) is 75.1 cm³/mol. The summed E-state index contributed by atoms with van der Waals surface area (Å²) in [5.74, 6) is 1.00. The van der Waals surface area contributed by atoms with Gasteiger partial charge in [-0.1, -0.05) is 17.7 Å². The van der Waals surface area contributed by atoms with Gasteiger partial charge in [0, 0.05) is 19.7 Å². The minimum Gasteiger partial charge on any atom is -0.456 e. The second-order valence-electron chi connectivity index (χ2n) is 4.16. The molecule has 5 heteroatoms. The Hall–Kier alpha value is -1.94. The molecule has 1 aliphatic rings. The van der Waals surface area contributed by atoms with Gasteiger partial charge in [-0.25, -0.2) is 0 Å². The number of likely N-dealkylation sites (N-methyl/N-ethyl adjacent to an activating group) is 1. The van der Waals surface area contributed by atoms with Crippen molar-refractivity contribution in [2.45, 2.75) is 6.92 Å². The summed E-state index contributed by atoms with van der Waals surface area (Å²) >= 11 is 6.11. The first-order valence-electron chi connectivity index (χ1n) is 5.92. The van der Waals surface area contributed by atoms with Gasteiger partial charge in [-0.05, 0) is 30.7 Å². The van der Waals surface area contributed by atoms with Gasteiger partial charge >= 0.3 is 0 Å². The summed E-state index contributed by atoms with van der Waals surface area (Å²) in [5, 5.41) is 6.08. The van der Waals surface area contributed by atoms with Crippen LogP contribution in [0.1, 0.15) is 5.56 Å². The maximum absolute atomic E-state index is 11.5. The molecule has 2 rings (SSSR count). The van der Waals surface area contributed by atoms with Crippen molar-refractivity contribution in [1.29, 1.82) is 0 Å². The van der Waals surface area contributed by atoms with Crippen LogP contribution in [0.5, 0.6) is 5.75 Å². The minimum atomic E-state index is -0.177. The second-order valence-corrected chi connectivity index (χ2v) is 4.57. The van der Waals surface area contributed by atoms with Crippen LogP contribution in [0.25, 0.3) is 0 Å².